The molecule has 17 heavy (non-hydrogen) atoms. The highest BCUT2D eigenvalue weighted by molar-refractivity contribution is 5.81. The lowest BCUT2D eigenvalue weighted by Crippen LogP contribution is -3.17. The molecule has 1 rings (SSSR count). The Kier molecular flexibility index (Phi) is 5.41. The normalized spacial score (nSPS) is 26.1. The van der Waals surface area contributed by atoms with Gasteiger partial charge in [0.2, 0.25) is 0 Å². The predicted molar refractivity (Wildman–Crippen MR) is 61.5 cm³/mol. The molecule has 1 heterocycles. The Balaban J connectivity index is 2.62. The molecule has 0 aliphatic carbocycles. The van der Waals surface area contributed by atoms with Crippen molar-refractivity contribution in [2.45, 2.75) is 32.2 Å². The van der Waals surface area contributed by atoms with Gasteiger partial charge in [0.1, 0.15) is 6.42 Å². The molecule has 0 amide bonds. The number of hydrogen-bond donors (Lipinski definition) is 1. The Morgan fingerprint density at radius 3 is 2.29 bits per heavy atom. The van der Waals surface area contributed by atoms with Crippen molar-refractivity contribution in [1.29, 1.82) is 0 Å². The molecule has 0 radical (unpaired) electrons. The molecular formula is C12H22NO4+. The number of quaternary nitrogens is 1. The van der Waals surface area contributed by atoms with Crippen LogP contribution in [0.4, 0.5) is 0 Å². The molecule has 0 aromatic carbocycles. The van der Waals surface area contributed by atoms with Gasteiger partial charge >= 0.3 is 11.9 Å². The van der Waals surface area contributed by atoms with Crippen molar-refractivity contribution in [2.75, 3.05) is 27.3 Å². The van der Waals surface area contributed by atoms with Gasteiger partial charge in [-0.25, -0.2) is 4.79 Å². The van der Waals surface area contributed by atoms with E-state index in [4.69, 9.17) is 4.74 Å². The van der Waals surface area contributed by atoms with Gasteiger partial charge in [-0.2, -0.15) is 0 Å². The maximum Gasteiger partial charge on any atom is 0.365 e. The monoisotopic (exact) mass is 244 g/mol. The zero-order chi connectivity index (χ0) is 12.8. The van der Waals surface area contributed by atoms with Crippen LogP contribution in [0.3, 0.4) is 0 Å². The van der Waals surface area contributed by atoms with E-state index in [9.17, 15) is 9.59 Å². The summed E-state index contributed by atoms with van der Waals surface area (Å²) in [5, 5.41) is 0. The second-order valence-corrected chi connectivity index (χ2v) is 4.70. The van der Waals surface area contributed by atoms with Crippen LogP contribution in [0.25, 0.3) is 0 Å². The summed E-state index contributed by atoms with van der Waals surface area (Å²) in [5.74, 6) is 0.0293. The van der Waals surface area contributed by atoms with E-state index < -0.39 is 6.04 Å². The summed E-state index contributed by atoms with van der Waals surface area (Å²) in [6.45, 7) is 4.04. The third-order valence-electron chi connectivity index (χ3n) is 3.49. The van der Waals surface area contributed by atoms with Crippen LogP contribution in [0.5, 0.6) is 0 Å². The molecule has 98 valence electrons. The minimum atomic E-state index is -0.417. The lowest BCUT2D eigenvalue weighted by Gasteiger charge is -2.31. The first-order valence-corrected chi connectivity index (χ1v) is 6.07. The fraction of sp³-hybridized carbons (Fsp3) is 0.833. The highest BCUT2D eigenvalue weighted by Crippen LogP contribution is 2.08. The van der Waals surface area contributed by atoms with Gasteiger partial charge in [0, 0.05) is 0 Å². The number of nitrogens with one attached hydrogen (secondary N) is 1. The van der Waals surface area contributed by atoms with Crippen molar-refractivity contribution < 1.29 is 24.0 Å². The van der Waals surface area contributed by atoms with Gasteiger partial charge in [-0.05, 0) is 18.8 Å². The molecular weight excluding hydrogens is 222 g/mol. The number of rotatable bonds is 4. The molecule has 1 aliphatic heterocycles. The lowest BCUT2D eigenvalue weighted by molar-refractivity contribution is -0.922. The number of ether oxygens (including phenoxy) is 2. The molecule has 0 aromatic heterocycles. The zero-order valence-electron chi connectivity index (χ0n) is 10.8. The summed E-state index contributed by atoms with van der Waals surface area (Å²) in [7, 11) is 2.70. The maximum absolute atomic E-state index is 11.7. The van der Waals surface area contributed by atoms with Gasteiger partial charge in [-0.3, -0.25) is 4.79 Å². The van der Waals surface area contributed by atoms with Crippen molar-refractivity contribution in [3.63, 3.8) is 0 Å². The van der Waals surface area contributed by atoms with Crippen molar-refractivity contribution >= 4 is 11.9 Å². The van der Waals surface area contributed by atoms with E-state index in [1.165, 1.54) is 14.2 Å². The molecule has 5 heteroatoms. The number of piperidine rings is 1. The molecule has 1 fully saturated rings. The average molecular weight is 244 g/mol. The lowest BCUT2D eigenvalue weighted by atomic mass is 9.97. The Morgan fingerprint density at radius 2 is 1.82 bits per heavy atom. The van der Waals surface area contributed by atoms with Gasteiger partial charge in [0.15, 0.2) is 6.04 Å². The topological polar surface area (TPSA) is 57.0 Å². The van der Waals surface area contributed by atoms with Gasteiger partial charge in [-0.1, -0.05) is 6.92 Å². The Hall–Kier alpha value is -1.10. The molecule has 0 unspecified atom stereocenters. The summed E-state index contributed by atoms with van der Waals surface area (Å²) < 4.78 is 9.40. The molecule has 0 saturated carbocycles. The van der Waals surface area contributed by atoms with E-state index in [0.29, 0.717) is 5.92 Å². The smallest absolute Gasteiger partial charge is 0.365 e. The van der Waals surface area contributed by atoms with Crippen molar-refractivity contribution in [3.05, 3.63) is 0 Å². The minimum Gasteiger partial charge on any atom is -0.469 e. The van der Waals surface area contributed by atoms with Crippen LogP contribution in [0.15, 0.2) is 0 Å². The fourth-order valence-corrected chi connectivity index (χ4v) is 2.27. The highest BCUT2D eigenvalue weighted by atomic mass is 16.5. The number of esters is 2. The molecule has 0 spiro atoms. The van der Waals surface area contributed by atoms with Crippen molar-refractivity contribution in [3.8, 4) is 0 Å². The molecule has 1 saturated heterocycles. The number of carbonyl (C=O) groups is 2. The minimum absolute atomic E-state index is 0.104. The van der Waals surface area contributed by atoms with E-state index in [2.05, 4.69) is 11.7 Å². The van der Waals surface area contributed by atoms with Crippen LogP contribution in [-0.4, -0.2) is 45.3 Å². The van der Waals surface area contributed by atoms with Gasteiger partial charge in [0.05, 0.1) is 27.3 Å². The van der Waals surface area contributed by atoms with E-state index in [0.717, 1.165) is 30.8 Å². The van der Waals surface area contributed by atoms with Crippen molar-refractivity contribution in [2.24, 2.45) is 5.92 Å². The van der Waals surface area contributed by atoms with Gasteiger partial charge < -0.3 is 14.4 Å². The third-order valence-corrected chi connectivity index (χ3v) is 3.49. The molecule has 1 atom stereocenters. The quantitative estimate of drug-likeness (QED) is 0.671. The zero-order valence-corrected chi connectivity index (χ0v) is 10.8. The summed E-state index contributed by atoms with van der Waals surface area (Å²) in [6.07, 6.45) is 2.28. The molecule has 0 bridgehead atoms. The number of hydrogen-bond acceptors (Lipinski definition) is 4. The van der Waals surface area contributed by atoms with E-state index in [-0.39, 0.29) is 18.4 Å². The number of carbonyl (C=O) groups excluding carboxylic acids is 2. The average Bonchev–Trinajstić information content (AvgIpc) is 2.36. The molecule has 1 aliphatic rings. The van der Waals surface area contributed by atoms with Crippen LogP contribution in [0, 0.1) is 5.92 Å². The van der Waals surface area contributed by atoms with E-state index >= 15 is 0 Å². The Bertz CT molecular complexity index is 272. The number of methoxy groups -OCH3 is 2. The molecule has 1 N–H and O–H groups in total. The van der Waals surface area contributed by atoms with Crippen LogP contribution in [-0.2, 0) is 19.1 Å². The third kappa shape index (κ3) is 4.00. The van der Waals surface area contributed by atoms with Crippen molar-refractivity contribution in [1.82, 2.24) is 0 Å². The summed E-state index contributed by atoms with van der Waals surface area (Å²) in [5.41, 5.74) is 0. The van der Waals surface area contributed by atoms with E-state index in [1.807, 2.05) is 0 Å². The Labute approximate surface area is 102 Å². The standard InChI is InChI=1S/C12H21NO4/c1-9-4-6-13(7-5-9)10(12(15)17-3)8-11(14)16-2/h9-10H,4-8H2,1-3H3/p+1/t10-/m1/s1. The molecule has 0 aromatic rings. The first-order chi connectivity index (χ1) is 8.08. The summed E-state index contributed by atoms with van der Waals surface area (Å²) >= 11 is 0. The first-order valence-electron chi connectivity index (χ1n) is 6.07. The summed E-state index contributed by atoms with van der Waals surface area (Å²) in [4.78, 5) is 24.1. The highest BCUT2D eigenvalue weighted by Gasteiger charge is 2.35. The van der Waals surface area contributed by atoms with Gasteiger partial charge in [0.25, 0.3) is 0 Å². The van der Waals surface area contributed by atoms with Crippen LogP contribution >= 0.6 is 0 Å². The van der Waals surface area contributed by atoms with E-state index in [1.54, 1.807) is 0 Å². The molecule has 5 nitrogen and oxygen atoms in total. The van der Waals surface area contributed by atoms with Crippen LogP contribution in [0.2, 0.25) is 0 Å². The first kappa shape index (κ1) is 14.0. The second-order valence-electron chi connectivity index (χ2n) is 4.70. The van der Waals surface area contributed by atoms with Crippen LogP contribution in [0.1, 0.15) is 26.2 Å². The summed E-state index contributed by atoms with van der Waals surface area (Å²) in [6, 6.07) is -0.417. The fourth-order valence-electron chi connectivity index (χ4n) is 2.27. The van der Waals surface area contributed by atoms with Gasteiger partial charge in [-0.15, -0.1) is 0 Å². The SMILES string of the molecule is COC(=O)C[C@H](C(=O)OC)[NH+]1CCC(C)CC1. The maximum atomic E-state index is 11.7. The number of likely N-dealkylation sites (tertiary alicyclic amines) is 1. The second kappa shape index (κ2) is 6.59. The largest absolute Gasteiger partial charge is 0.469 e. The predicted octanol–water partition coefficient (Wildman–Crippen LogP) is -0.594. The van der Waals surface area contributed by atoms with Crippen LogP contribution < -0.4 is 4.90 Å². The Morgan fingerprint density at radius 1 is 1.24 bits per heavy atom.